The Hall–Kier alpha value is -0.120. The number of nitrogens with zero attached hydrogens (tertiary/aromatic N) is 1. The second-order valence-electron chi connectivity index (χ2n) is 5.80. The lowest BCUT2D eigenvalue weighted by Crippen LogP contribution is -2.47. The molecule has 0 radical (unpaired) electrons. The molecular formula is C14H27NO2. The number of hydrogen-bond donors (Lipinski definition) is 1. The zero-order chi connectivity index (χ0) is 12.3. The van der Waals surface area contributed by atoms with E-state index in [1.807, 2.05) is 0 Å². The average molecular weight is 241 g/mol. The Morgan fingerprint density at radius 3 is 2.76 bits per heavy atom. The Morgan fingerprint density at radius 1 is 1.29 bits per heavy atom. The molecule has 4 unspecified atom stereocenters. The summed E-state index contributed by atoms with van der Waals surface area (Å²) in [5.41, 5.74) is 0. The maximum absolute atomic E-state index is 10.1. The average Bonchev–Trinajstić information content (AvgIpc) is 2.82. The first-order chi connectivity index (χ1) is 8.20. The largest absolute Gasteiger partial charge is 0.391 e. The van der Waals surface area contributed by atoms with Gasteiger partial charge in [-0.3, -0.25) is 4.90 Å². The van der Waals surface area contributed by atoms with E-state index in [2.05, 4.69) is 18.9 Å². The zero-order valence-corrected chi connectivity index (χ0v) is 11.3. The van der Waals surface area contributed by atoms with Crippen LogP contribution >= 0.6 is 0 Å². The van der Waals surface area contributed by atoms with Crippen molar-refractivity contribution < 1.29 is 9.84 Å². The lowest BCUT2D eigenvalue weighted by molar-refractivity contribution is -0.00868. The molecule has 0 aromatic rings. The van der Waals surface area contributed by atoms with Crippen LogP contribution in [-0.2, 0) is 4.74 Å². The van der Waals surface area contributed by atoms with Crippen molar-refractivity contribution in [2.24, 2.45) is 5.92 Å². The molecule has 2 fully saturated rings. The van der Waals surface area contributed by atoms with Crippen molar-refractivity contribution in [2.45, 2.75) is 63.7 Å². The summed E-state index contributed by atoms with van der Waals surface area (Å²) < 4.78 is 5.68. The summed E-state index contributed by atoms with van der Waals surface area (Å²) in [4.78, 5) is 2.34. The molecule has 0 aromatic carbocycles. The fourth-order valence-corrected chi connectivity index (χ4v) is 3.30. The van der Waals surface area contributed by atoms with Crippen molar-refractivity contribution in [3.63, 3.8) is 0 Å². The van der Waals surface area contributed by atoms with Crippen LogP contribution in [0.15, 0.2) is 0 Å². The van der Waals surface area contributed by atoms with Crippen LogP contribution in [0.2, 0.25) is 0 Å². The van der Waals surface area contributed by atoms with Gasteiger partial charge in [-0.15, -0.1) is 0 Å². The van der Waals surface area contributed by atoms with Crippen molar-refractivity contribution in [2.75, 3.05) is 20.2 Å². The highest BCUT2D eigenvalue weighted by Crippen LogP contribution is 2.30. The Morgan fingerprint density at radius 2 is 2.12 bits per heavy atom. The van der Waals surface area contributed by atoms with Crippen molar-refractivity contribution in [3.8, 4) is 0 Å². The first kappa shape index (κ1) is 13.3. The maximum atomic E-state index is 10.1. The molecule has 0 bridgehead atoms. The lowest BCUT2D eigenvalue weighted by Gasteiger charge is -2.39. The van der Waals surface area contributed by atoms with Crippen LogP contribution < -0.4 is 0 Å². The molecule has 1 N–H and O–H groups in total. The molecule has 1 saturated carbocycles. The van der Waals surface area contributed by atoms with E-state index in [-0.39, 0.29) is 6.10 Å². The van der Waals surface area contributed by atoms with Crippen molar-refractivity contribution in [3.05, 3.63) is 0 Å². The van der Waals surface area contributed by atoms with Crippen LogP contribution in [-0.4, -0.2) is 48.5 Å². The molecule has 100 valence electrons. The SMILES string of the molecule is CCC1CCC(O)C(N(C)CC2CCCO2)C1. The zero-order valence-electron chi connectivity index (χ0n) is 11.3. The number of aliphatic hydroxyl groups is 1. The molecule has 0 spiro atoms. The molecule has 2 rings (SSSR count). The summed E-state index contributed by atoms with van der Waals surface area (Å²) in [5, 5.41) is 10.1. The Balaban J connectivity index is 1.84. The molecule has 0 aromatic heterocycles. The van der Waals surface area contributed by atoms with Crippen molar-refractivity contribution in [1.29, 1.82) is 0 Å². The minimum Gasteiger partial charge on any atom is -0.391 e. The van der Waals surface area contributed by atoms with E-state index in [1.165, 1.54) is 25.7 Å². The molecule has 1 aliphatic carbocycles. The molecule has 3 nitrogen and oxygen atoms in total. The molecule has 1 aliphatic heterocycles. The van der Waals surface area contributed by atoms with Gasteiger partial charge in [-0.2, -0.15) is 0 Å². The Bertz CT molecular complexity index is 228. The second-order valence-corrected chi connectivity index (χ2v) is 5.80. The maximum Gasteiger partial charge on any atom is 0.0702 e. The number of ether oxygens (including phenoxy) is 1. The summed E-state index contributed by atoms with van der Waals surface area (Å²) in [7, 11) is 2.15. The first-order valence-corrected chi connectivity index (χ1v) is 7.20. The standard InChI is InChI=1S/C14H27NO2/c1-3-11-6-7-14(16)13(9-11)15(2)10-12-5-4-8-17-12/h11-14,16H,3-10H2,1-2H3. The fraction of sp³-hybridized carbons (Fsp3) is 1.00. The third-order valence-corrected chi connectivity index (χ3v) is 4.55. The van der Waals surface area contributed by atoms with E-state index in [9.17, 15) is 5.11 Å². The number of likely N-dealkylation sites (N-methyl/N-ethyl adjacent to an activating group) is 1. The van der Waals surface area contributed by atoms with Gasteiger partial charge in [-0.05, 0) is 45.1 Å². The van der Waals surface area contributed by atoms with Crippen LogP contribution in [0.25, 0.3) is 0 Å². The predicted molar refractivity (Wildman–Crippen MR) is 69.0 cm³/mol. The van der Waals surface area contributed by atoms with Gasteiger partial charge in [0.15, 0.2) is 0 Å². The predicted octanol–water partition coefficient (Wildman–Crippen LogP) is 2.04. The van der Waals surface area contributed by atoms with Crippen LogP contribution in [0.4, 0.5) is 0 Å². The first-order valence-electron chi connectivity index (χ1n) is 7.20. The van der Waals surface area contributed by atoms with Crippen molar-refractivity contribution in [1.82, 2.24) is 4.90 Å². The molecule has 1 saturated heterocycles. The van der Waals surface area contributed by atoms with E-state index >= 15 is 0 Å². The second kappa shape index (κ2) is 6.17. The van der Waals surface area contributed by atoms with E-state index in [0.29, 0.717) is 12.1 Å². The van der Waals surface area contributed by atoms with E-state index < -0.39 is 0 Å². The van der Waals surface area contributed by atoms with Gasteiger partial charge in [0, 0.05) is 19.2 Å². The summed E-state index contributed by atoms with van der Waals surface area (Å²) in [5.74, 6) is 0.801. The minimum atomic E-state index is -0.135. The number of rotatable bonds is 4. The van der Waals surface area contributed by atoms with E-state index in [4.69, 9.17) is 4.74 Å². The highest BCUT2D eigenvalue weighted by molar-refractivity contribution is 4.86. The highest BCUT2D eigenvalue weighted by Gasteiger charge is 2.32. The summed E-state index contributed by atoms with van der Waals surface area (Å²) in [6.45, 7) is 4.17. The highest BCUT2D eigenvalue weighted by atomic mass is 16.5. The third kappa shape index (κ3) is 3.43. The molecular weight excluding hydrogens is 214 g/mol. The van der Waals surface area contributed by atoms with Gasteiger partial charge in [-0.25, -0.2) is 0 Å². The topological polar surface area (TPSA) is 32.7 Å². The Labute approximate surface area is 105 Å². The molecule has 17 heavy (non-hydrogen) atoms. The smallest absolute Gasteiger partial charge is 0.0702 e. The quantitative estimate of drug-likeness (QED) is 0.817. The Kier molecular flexibility index (Phi) is 4.83. The molecule has 4 atom stereocenters. The van der Waals surface area contributed by atoms with Crippen LogP contribution in [0.5, 0.6) is 0 Å². The van der Waals surface area contributed by atoms with Crippen LogP contribution in [0.1, 0.15) is 45.4 Å². The van der Waals surface area contributed by atoms with E-state index in [0.717, 1.165) is 31.9 Å². The molecule has 0 amide bonds. The lowest BCUT2D eigenvalue weighted by atomic mass is 9.81. The fourth-order valence-electron chi connectivity index (χ4n) is 3.30. The van der Waals surface area contributed by atoms with Crippen LogP contribution in [0.3, 0.4) is 0 Å². The van der Waals surface area contributed by atoms with Crippen molar-refractivity contribution >= 4 is 0 Å². The molecule has 2 aliphatic rings. The van der Waals surface area contributed by atoms with Gasteiger partial charge in [0.2, 0.25) is 0 Å². The van der Waals surface area contributed by atoms with Gasteiger partial charge in [-0.1, -0.05) is 13.3 Å². The molecule has 1 heterocycles. The summed E-state index contributed by atoms with van der Waals surface area (Å²) >= 11 is 0. The summed E-state index contributed by atoms with van der Waals surface area (Å²) in [6.07, 6.45) is 7.21. The third-order valence-electron chi connectivity index (χ3n) is 4.55. The van der Waals surface area contributed by atoms with Crippen LogP contribution in [0, 0.1) is 5.92 Å². The van der Waals surface area contributed by atoms with Gasteiger partial charge in [0.1, 0.15) is 0 Å². The molecule has 3 heteroatoms. The van der Waals surface area contributed by atoms with Gasteiger partial charge >= 0.3 is 0 Å². The van der Waals surface area contributed by atoms with E-state index in [1.54, 1.807) is 0 Å². The normalized spacial score (nSPS) is 38.8. The summed E-state index contributed by atoms with van der Waals surface area (Å²) in [6, 6.07) is 0.345. The van der Waals surface area contributed by atoms with Gasteiger partial charge < -0.3 is 9.84 Å². The number of hydrogen-bond acceptors (Lipinski definition) is 3. The van der Waals surface area contributed by atoms with Gasteiger partial charge in [0.25, 0.3) is 0 Å². The monoisotopic (exact) mass is 241 g/mol. The van der Waals surface area contributed by atoms with Gasteiger partial charge in [0.05, 0.1) is 12.2 Å². The number of aliphatic hydroxyl groups excluding tert-OH is 1. The minimum absolute atomic E-state index is 0.135.